The van der Waals surface area contributed by atoms with Crippen LogP contribution in [0, 0.1) is 11.6 Å². The first-order chi connectivity index (χ1) is 20.4. The van der Waals surface area contributed by atoms with Crippen molar-refractivity contribution < 1.29 is 27.1 Å². The van der Waals surface area contributed by atoms with Gasteiger partial charge in [-0.2, -0.15) is 0 Å². The highest BCUT2D eigenvalue weighted by atomic mass is 19.3. The first-order valence-electron chi connectivity index (χ1n) is 13.9. The summed E-state index contributed by atoms with van der Waals surface area (Å²) in [6.07, 6.45) is 0.275. The molecule has 2 fully saturated rings. The molecule has 3 aromatic rings. The number of H-pyrrole nitrogens is 1. The second-order valence-corrected chi connectivity index (χ2v) is 11.0. The molecule has 0 bridgehead atoms. The third kappa shape index (κ3) is 6.20. The maximum Gasteiger partial charge on any atom is 0.264 e. The quantitative estimate of drug-likeness (QED) is 0.407. The van der Waals surface area contributed by atoms with Crippen LogP contribution in [0.25, 0.3) is 11.1 Å². The van der Waals surface area contributed by atoms with Crippen LogP contribution >= 0.6 is 0 Å². The number of morpholine rings is 1. The van der Waals surface area contributed by atoms with Crippen LogP contribution in [-0.2, 0) is 4.74 Å². The Kier molecular flexibility index (Phi) is 8.69. The summed E-state index contributed by atoms with van der Waals surface area (Å²) in [6, 6.07) is 1.75. The van der Waals surface area contributed by atoms with Crippen molar-refractivity contribution in [3.63, 3.8) is 0 Å². The number of ether oxygens (including phenoxy) is 1. The molecule has 5 rings (SSSR count). The van der Waals surface area contributed by atoms with E-state index in [2.05, 4.69) is 25.2 Å². The number of hydrogen-bond donors (Lipinski definition) is 2. The number of likely N-dealkylation sites (N-methyl/N-ethyl adjacent to an activating group) is 1. The van der Waals surface area contributed by atoms with E-state index in [0.717, 1.165) is 12.3 Å². The predicted octanol–water partition coefficient (Wildman–Crippen LogP) is 4.05. The van der Waals surface area contributed by atoms with Gasteiger partial charge >= 0.3 is 0 Å². The summed E-state index contributed by atoms with van der Waals surface area (Å²) >= 11 is 0. The van der Waals surface area contributed by atoms with E-state index in [4.69, 9.17) is 4.74 Å². The number of aromatic nitrogens is 3. The topological polar surface area (TPSA) is 107 Å². The number of alkyl halides is 2. The highest BCUT2D eigenvalue weighted by molar-refractivity contribution is 6.07. The molecule has 2 N–H and O–H groups in total. The van der Waals surface area contributed by atoms with Crippen molar-refractivity contribution in [3.05, 3.63) is 63.8 Å². The maximum atomic E-state index is 16.4. The lowest BCUT2D eigenvalue weighted by atomic mass is 10.0. The number of pyridine rings is 1. The Morgan fingerprint density at radius 2 is 1.74 bits per heavy atom. The minimum atomic E-state index is -3.14. The van der Waals surface area contributed by atoms with Crippen molar-refractivity contribution >= 4 is 23.2 Å². The van der Waals surface area contributed by atoms with E-state index in [-0.39, 0.29) is 35.1 Å². The maximum absolute atomic E-state index is 16.4. The van der Waals surface area contributed by atoms with Gasteiger partial charge < -0.3 is 24.8 Å². The zero-order chi connectivity index (χ0) is 31.0. The van der Waals surface area contributed by atoms with Crippen LogP contribution in [0.15, 0.2) is 35.5 Å². The van der Waals surface area contributed by atoms with Crippen LogP contribution in [0.4, 0.5) is 34.9 Å². The van der Waals surface area contributed by atoms with Crippen molar-refractivity contribution in [2.75, 3.05) is 55.0 Å². The monoisotopic (exact) mass is 603 g/mol. The Bertz CT molecular complexity index is 1540. The molecule has 0 spiro atoms. The van der Waals surface area contributed by atoms with Crippen LogP contribution in [0.5, 0.6) is 0 Å². The van der Waals surface area contributed by atoms with Crippen LogP contribution in [0.2, 0.25) is 0 Å². The lowest BCUT2D eigenvalue weighted by Crippen LogP contribution is -2.55. The van der Waals surface area contributed by atoms with Gasteiger partial charge in [0.15, 0.2) is 5.82 Å². The molecule has 2 aliphatic rings. The standard InChI is InChI=1S/C29H33F4N7O3/c1-15-12-40(13-16(2)38(15)4)22-8-21(30)24(18-9-35-29(36-10-18)39-5-6-43-17(3)14-39)25(31)26(22)37-28(42)20-11-34-23(41)7-19(20)27(32)33/h7-11,15-17,27H,5-6,12-14H2,1-4H3,(H,34,41)(H,37,42)/t15-,16+,17-/m1/s1. The van der Waals surface area contributed by atoms with Gasteiger partial charge in [0.25, 0.3) is 12.3 Å². The highest BCUT2D eigenvalue weighted by Crippen LogP contribution is 2.39. The molecule has 1 amide bonds. The van der Waals surface area contributed by atoms with Gasteiger partial charge in [0, 0.05) is 80.1 Å². The van der Waals surface area contributed by atoms with Crippen molar-refractivity contribution in [2.45, 2.75) is 45.4 Å². The van der Waals surface area contributed by atoms with Gasteiger partial charge in [0.2, 0.25) is 11.5 Å². The third-order valence-corrected chi connectivity index (χ3v) is 8.02. The van der Waals surface area contributed by atoms with Gasteiger partial charge in [-0.05, 0) is 27.8 Å². The molecule has 0 saturated carbocycles. The predicted molar refractivity (Wildman–Crippen MR) is 154 cm³/mol. The highest BCUT2D eigenvalue weighted by Gasteiger charge is 2.32. The fourth-order valence-corrected chi connectivity index (χ4v) is 5.50. The Morgan fingerprint density at radius 3 is 2.37 bits per heavy atom. The van der Waals surface area contributed by atoms with Crippen molar-refractivity contribution in [1.82, 2.24) is 19.9 Å². The van der Waals surface area contributed by atoms with E-state index in [1.54, 1.807) is 4.90 Å². The lowest BCUT2D eigenvalue weighted by Gasteiger charge is -2.44. The Morgan fingerprint density at radius 1 is 1.07 bits per heavy atom. The van der Waals surface area contributed by atoms with Crippen molar-refractivity contribution in [2.24, 2.45) is 0 Å². The van der Waals surface area contributed by atoms with Gasteiger partial charge in [-0.25, -0.2) is 27.5 Å². The molecule has 230 valence electrons. The number of nitrogens with one attached hydrogen (secondary N) is 2. The molecule has 10 nitrogen and oxygen atoms in total. The first kappa shape index (κ1) is 30.4. The number of rotatable bonds is 6. The van der Waals surface area contributed by atoms with E-state index in [9.17, 15) is 18.4 Å². The summed E-state index contributed by atoms with van der Waals surface area (Å²) in [5.41, 5.74) is -2.96. The Balaban J connectivity index is 1.57. The van der Waals surface area contributed by atoms with E-state index in [0.29, 0.717) is 44.8 Å². The molecule has 2 saturated heterocycles. The third-order valence-electron chi connectivity index (χ3n) is 8.02. The van der Waals surface area contributed by atoms with Gasteiger partial charge in [-0.1, -0.05) is 0 Å². The summed E-state index contributed by atoms with van der Waals surface area (Å²) < 4.78 is 65.2. The summed E-state index contributed by atoms with van der Waals surface area (Å²) in [5, 5.41) is 2.40. The first-order valence-corrected chi connectivity index (χ1v) is 13.9. The zero-order valence-electron chi connectivity index (χ0n) is 24.2. The number of piperazine rings is 1. The molecular formula is C29H33F4N7O3. The molecule has 1 aromatic carbocycles. The largest absolute Gasteiger partial charge is 0.375 e. The van der Waals surface area contributed by atoms with Crippen LogP contribution < -0.4 is 20.7 Å². The number of anilines is 3. The lowest BCUT2D eigenvalue weighted by molar-refractivity contribution is 0.0526. The minimum Gasteiger partial charge on any atom is -0.375 e. The molecule has 2 aliphatic heterocycles. The van der Waals surface area contributed by atoms with Crippen LogP contribution in [0.3, 0.4) is 0 Å². The second kappa shape index (κ2) is 12.3. The van der Waals surface area contributed by atoms with Gasteiger partial charge in [-0.15, -0.1) is 0 Å². The van der Waals surface area contributed by atoms with E-state index < -0.39 is 46.2 Å². The van der Waals surface area contributed by atoms with Gasteiger partial charge in [0.1, 0.15) is 11.5 Å². The number of carbonyl (C=O) groups is 1. The van der Waals surface area contributed by atoms with E-state index >= 15 is 8.78 Å². The zero-order valence-corrected chi connectivity index (χ0v) is 24.2. The van der Waals surface area contributed by atoms with Crippen molar-refractivity contribution in [1.29, 1.82) is 0 Å². The minimum absolute atomic E-state index is 0.00610. The Hall–Kier alpha value is -4.04. The molecule has 0 radical (unpaired) electrons. The van der Waals surface area contributed by atoms with Crippen LogP contribution in [0.1, 0.15) is 43.1 Å². The van der Waals surface area contributed by atoms with Crippen LogP contribution in [-0.4, -0.2) is 83.8 Å². The number of benzene rings is 1. The molecule has 43 heavy (non-hydrogen) atoms. The number of hydrogen-bond acceptors (Lipinski definition) is 8. The fourth-order valence-electron chi connectivity index (χ4n) is 5.50. The molecular weight excluding hydrogens is 570 g/mol. The van der Waals surface area contributed by atoms with Crippen molar-refractivity contribution in [3.8, 4) is 11.1 Å². The molecule has 2 aromatic heterocycles. The van der Waals surface area contributed by atoms with E-state index in [1.165, 1.54) is 12.4 Å². The van der Waals surface area contributed by atoms with E-state index in [1.807, 2.05) is 32.7 Å². The number of amides is 1. The fraction of sp³-hybridized carbons (Fsp3) is 0.448. The second-order valence-electron chi connectivity index (χ2n) is 11.0. The summed E-state index contributed by atoms with van der Waals surface area (Å²) in [6.45, 7) is 8.23. The molecule has 0 aliphatic carbocycles. The summed E-state index contributed by atoms with van der Waals surface area (Å²) in [7, 11) is 1.95. The smallest absolute Gasteiger partial charge is 0.264 e. The number of halogens is 4. The normalized spacial score (nSPS) is 21.4. The average Bonchev–Trinajstić information content (AvgIpc) is 2.97. The number of aromatic amines is 1. The summed E-state index contributed by atoms with van der Waals surface area (Å²) in [4.78, 5) is 41.6. The Labute approximate surface area is 245 Å². The average molecular weight is 604 g/mol. The molecule has 3 atom stereocenters. The SMILES string of the molecule is C[C@@H]1CN(c2ncc(-c3c(F)cc(N4C[C@@H](C)N(C)[C@@H](C)C4)c(NC(=O)c4c[nH]c(=O)cc4C(F)F)c3F)cn2)CCO1. The molecule has 4 heterocycles. The van der Waals surface area contributed by atoms with Gasteiger partial charge in [0.05, 0.1) is 29.5 Å². The summed E-state index contributed by atoms with van der Waals surface area (Å²) in [5.74, 6) is -2.73. The van der Waals surface area contributed by atoms with Gasteiger partial charge in [-0.3, -0.25) is 14.5 Å². The number of nitrogens with zero attached hydrogens (tertiary/aromatic N) is 5. The molecule has 14 heteroatoms. The molecule has 0 unspecified atom stereocenters. The number of carbonyl (C=O) groups excluding carboxylic acids is 1.